The molecule has 0 rings (SSSR count). The Morgan fingerprint density at radius 2 is 0.542 bits per heavy atom. The summed E-state index contributed by atoms with van der Waals surface area (Å²) < 4.78 is 0. The van der Waals surface area contributed by atoms with E-state index in [9.17, 15) is 0 Å². The molecule has 0 aliphatic heterocycles. The fraction of sp³-hybridized carbons (Fsp3) is 0.833. The van der Waals surface area contributed by atoms with Gasteiger partial charge in [-0.3, -0.25) is 0 Å². The molecule has 0 aliphatic rings. The van der Waals surface area contributed by atoms with E-state index in [1.165, 1.54) is 0 Å². The van der Waals surface area contributed by atoms with Gasteiger partial charge in [0.05, 0.1) is 0 Å². The van der Waals surface area contributed by atoms with Crippen LogP contribution in [0.4, 0.5) is 0 Å². The molecule has 0 saturated carbocycles. The lowest BCUT2D eigenvalue weighted by molar-refractivity contribution is 0.0914. The zero-order chi connectivity index (χ0) is 19.2. The predicted molar refractivity (Wildman–Crippen MR) is 109 cm³/mol. The van der Waals surface area contributed by atoms with Gasteiger partial charge in [-0.1, -0.05) is 69.2 Å². The second-order valence-corrected chi connectivity index (χ2v) is 8.78. The molecule has 0 heterocycles. The molecule has 0 aromatic carbocycles. The van der Waals surface area contributed by atoms with Crippen LogP contribution in [0, 0.1) is 83.9 Å². The van der Waals surface area contributed by atoms with Crippen molar-refractivity contribution in [1.82, 2.24) is 0 Å². The minimum Gasteiger partial charge on any atom is -0.120 e. The highest BCUT2D eigenvalue weighted by Gasteiger charge is 2.34. The highest BCUT2D eigenvalue weighted by atomic mass is 14.4. The van der Waals surface area contributed by atoms with Crippen molar-refractivity contribution in [2.75, 3.05) is 0 Å². The van der Waals surface area contributed by atoms with Gasteiger partial charge in [0, 0.05) is 11.8 Å². The maximum absolute atomic E-state index is 5.64. The van der Waals surface area contributed by atoms with Gasteiger partial charge >= 0.3 is 0 Å². The van der Waals surface area contributed by atoms with Crippen molar-refractivity contribution in [2.24, 2.45) is 59.2 Å². The quantitative estimate of drug-likeness (QED) is 0.417. The third kappa shape index (κ3) is 5.59. The first-order chi connectivity index (χ1) is 11.0. The zero-order valence-electron chi connectivity index (χ0n) is 17.9. The molecule has 24 heavy (non-hydrogen) atoms. The summed E-state index contributed by atoms with van der Waals surface area (Å²) in [6.45, 7) is 23.4. The Bertz CT molecular complexity index is 392. The Balaban J connectivity index is 5.00. The molecule has 0 nitrogen and oxygen atoms in total. The molecule has 0 radical (unpaired) electrons. The standard InChI is InChI=1S/C24H42/c1-13-15(3)17(5)19(7)21(9)23(11)24(12)22(10)20(8)18(6)16(4)14-2/h1-2,15-24H,3-12H3/t15-,16-,17+,18+,19-,20-,21+,22+,23-,24-/m0/s1. The van der Waals surface area contributed by atoms with Crippen LogP contribution in [0.2, 0.25) is 0 Å². The Morgan fingerprint density at radius 1 is 0.375 bits per heavy atom. The largest absolute Gasteiger partial charge is 0.120 e. The summed E-state index contributed by atoms with van der Waals surface area (Å²) in [7, 11) is 0. The van der Waals surface area contributed by atoms with E-state index in [2.05, 4.69) is 81.1 Å². The first-order valence-electron chi connectivity index (χ1n) is 9.93. The van der Waals surface area contributed by atoms with Gasteiger partial charge in [0.15, 0.2) is 0 Å². The summed E-state index contributed by atoms with van der Waals surface area (Å²) in [6, 6.07) is 0. The topological polar surface area (TPSA) is 0 Å². The molecule has 138 valence electrons. The van der Waals surface area contributed by atoms with Crippen LogP contribution < -0.4 is 0 Å². The van der Waals surface area contributed by atoms with E-state index in [-0.39, 0.29) is 0 Å². The third-order valence-corrected chi connectivity index (χ3v) is 7.91. The van der Waals surface area contributed by atoms with Crippen LogP contribution in [0.5, 0.6) is 0 Å². The second-order valence-electron chi connectivity index (χ2n) is 8.78. The molecule has 0 saturated heterocycles. The van der Waals surface area contributed by atoms with E-state index in [0.717, 1.165) is 0 Å². The number of rotatable bonds is 9. The molecule has 10 atom stereocenters. The van der Waals surface area contributed by atoms with Crippen molar-refractivity contribution in [3.05, 3.63) is 0 Å². The van der Waals surface area contributed by atoms with E-state index in [1.807, 2.05) is 0 Å². The van der Waals surface area contributed by atoms with Gasteiger partial charge in [-0.05, 0) is 47.3 Å². The molecular formula is C24H42. The van der Waals surface area contributed by atoms with Gasteiger partial charge in [0.1, 0.15) is 0 Å². The van der Waals surface area contributed by atoms with Crippen LogP contribution in [0.15, 0.2) is 0 Å². The molecule has 0 fully saturated rings. The van der Waals surface area contributed by atoms with Crippen LogP contribution in [-0.4, -0.2) is 0 Å². The van der Waals surface area contributed by atoms with Gasteiger partial charge in [-0.2, -0.15) is 0 Å². The summed E-state index contributed by atoms with van der Waals surface area (Å²) in [6.07, 6.45) is 11.3. The van der Waals surface area contributed by atoms with Crippen molar-refractivity contribution in [1.29, 1.82) is 0 Å². The lowest BCUT2D eigenvalue weighted by Crippen LogP contribution is -2.34. The number of terminal acetylenes is 2. The summed E-state index contributed by atoms with van der Waals surface area (Å²) in [5, 5.41) is 0. The molecule has 0 heteroatoms. The monoisotopic (exact) mass is 330 g/mol. The summed E-state index contributed by atoms with van der Waals surface area (Å²) in [5.41, 5.74) is 0. The highest BCUT2D eigenvalue weighted by molar-refractivity contribution is 4.96. The van der Waals surface area contributed by atoms with Gasteiger partial charge in [0.25, 0.3) is 0 Å². The fourth-order valence-corrected chi connectivity index (χ4v) is 4.09. The van der Waals surface area contributed by atoms with Gasteiger partial charge in [0.2, 0.25) is 0 Å². The highest BCUT2D eigenvalue weighted by Crippen LogP contribution is 2.40. The van der Waals surface area contributed by atoms with E-state index >= 15 is 0 Å². The molecular weight excluding hydrogens is 288 g/mol. The summed E-state index contributed by atoms with van der Waals surface area (Å²) >= 11 is 0. The van der Waals surface area contributed by atoms with Gasteiger partial charge in [-0.25, -0.2) is 0 Å². The van der Waals surface area contributed by atoms with E-state index in [1.54, 1.807) is 0 Å². The number of hydrogen-bond donors (Lipinski definition) is 0. The van der Waals surface area contributed by atoms with E-state index in [0.29, 0.717) is 59.2 Å². The molecule has 0 aromatic rings. The lowest BCUT2D eigenvalue weighted by Gasteiger charge is -2.40. The molecule has 0 aromatic heterocycles. The maximum atomic E-state index is 5.64. The predicted octanol–water partition coefficient (Wildman–Crippen LogP) is 6.61. The van der Waals surface area contributed by atoms with Gasteiger partial charge in [-0.15, -0.1) is 24.7 Å². The Labute approximate surface area is 153 Å². The SMILES string of the molecule is C#C[C@H](C)[C@@H](C)[C@H](C)[C@@H](C)[C@H](C)[C@@H](C)[C@H](C)[C@@H](C)[C@H](C)[C@@H](C)C#C. The van der Waals surface area contributed by atoms with Crippen LogP contribution in [0.25, 0.3) is 0 Å². The average molecular weight is 331 g/mol. The van der Waals surface area contributed by atoms with E-state index in [4.69, 9.17) is 12.8 Å². The Hall–Kier alpha value is -0.880. The van der Waals surface area contributed by atoms with Gasteiger partial charge < -0.3 is 0 Å². The van der Waals surface area contributed by atoms with Crippen molar-refractivity contribution in [2.45, 2.75) is 69.2 Å². The number of hydrogen-bond acceptors (Lipinski definition) is 0. The first kappa shape index (κ1) is 23.1. The van der Waals surface area contributed by atoms with Crippen molar-refractivity contribution >= 4 is 0 Å². The molecule has 0 bridgehead atoms. The Kier molecular flexibility index (Phi) is 9.81. The normalized spacial score (nSPS) is 24.2. The molecule has 0 amide bonds. The van der Waals surface area contributed by atoms with E-state index < -0.39 is 0 Å². The lowest BCUT2D eigenvalue weighted by atomic mass is 9.65. The Morgan fingerprint density at radius 3 is 0.708 bits per heavy atom. The molecule has 0 N–H and O–H groups in total. The van der Waals surface area contributed by atoms with Crippen molar-refractivity contribution in [3.8, 4) is 24.7 Å². The molecule has 0 spiro atoms. The second kappa shape index (κ2) is 10.2. The van der Waals surface area contributed by atoms with Crippen LogP contribution in [0.1, 0.15) is 69.2 Å². The van der Waals surface area contributed by atoms with Crippen LogP contribution in [0.3, 0.4) is 0 Å². The smallest absolute Gasteiger partial charge is 0.0200 e. The third-order valence-electron chi connectivity index (χ3n) is 7.91. The molecule has 0 unspecified atom stereocenters. The summed E-state index contributed by atoms with van der Waals surface area (Å²) in [5.74, 6) is 11.6. The van der Waals surface area contributed by atoms with Crippen molar-refractivity contribution < 1.29 is 0 Å². The minimum absolute atomic E-state index is 0.345. The van der Waals surface area contributed by atoms with Crippen LogP contribution in [-0.2, 0) is 0 Å². The maximum Gasteiger partial charge on any atom is 0.0200 e. The zero-order valence-corrected chi connectivity index (χ0v) is 17.9. The van der Waals surface area contributed by atoms with Crippen molar-refractivity contribution in [3.63, 3.8) is 0 Å². The average Bonchev–Trinajstić information content (AvgIpc) is 2.61. The summed E-state index contributed by atoms with van der Waals surface area (Å²) in [4.78, 5) is 0. The first-order valence-corrected chi connectivity index (χ1v) is 9.93. The minimum atomic E-state index is 0.345. The fourth-order valence-electron chi connectivity index (χ4n) is 4.09. The molecule has 0 aliphatic carbocycles. The van der Waals surface area contributed by atoms with Crippen LogP contribution >= 0.6 is 0 Å².